The summed E-state index contributed by atoms with van der Waals surface area (Å²) in [6, 6.07) is 0. The van der Waals surface area contributed by atoms with E-state index in [1.807, 2.05) is 6.92 Å². The molecule has 0 aliphatic heterocycles. The van der Waals surface area contributed by atoms with E-state index in [9.17, 15) is 9.59 Å². The maximum atomic E-state index is 12.7. The number of carbonyl (C=O) groups is 2. The van der Waals surface area contributed by atoms with Gasteiger partial charge in [0.15, 0.2) is 0 Å². The fraction of sp³-hybridized carbons (Fsp3) is 0.862. The lowest BCUT2D eigenvalue weighted by molar-refractivity contribution is -0.195. The number of hydrogen-bond acceptors (Lipinski definition) is 2. The third-order valence-corrected chi connectivity index (χ3v) is 11.6. The molecule has 0 spiro atoms. The highest BCUT2D eigenvalue weighted by Crippen LogP contribution is 2.72. The van der Waals surface area contributed by atoms with Crippen LogP contribution >= 0.6 is 0 Å². The van der Waals surface area contributed by atoms with Crippen molar-refractivity contribution in [2.75, 3.05) is 0 Å². The molecule has 0 bridgehead atoms. The zero-order valence-electron chi connectivity index (χ0n) is 20.8. The molecule has 5 rings (SSSR count). The second kappa shape index (κ2) is 7.84. The van der Waals surface area contributed by atoms with Gasteiger partial charge < -0.3 is 4.79 Å². The first kappa shape index (κ1) is 23.2. The second-order valence-corrected chi connectivity index (χ2v) is 12.9. The summed E-state index contributed by atoms with van der Waals surface area (Å²) in [6.45, 7) is 14.9. The number of aldehydes is 1. The first-order valence-electron chi connectivity index (χ1n) is 13.2. The molecule has 5 aliphatic rings. The first-order valence-corrected chi connectivity index (χ1v) is 13.2. The molecule has 31 heavy (non-hydrogen) atoms. The highest BCUT2D eigenvalue weighted by Gasteiger charge is 2.66. The highest BCUT2D eigenvalue weighted by atomic mass is 16.1. The number of fused-ring (bicyclic) bond motifs is 7. The Balaban J connectivity index is 0.000000730. The monoisotopic (exact) mass is 426 g/mol. The van der Waals surface area contributed by atoms with Crippen LogP contribution in [0.15, 0.2) is 12.7 Å². The molecule has 2 heteroatoms. The number of Topliss-reactive ketones (excluding diaryl/α,β-unsaturated/α-hetero) is 1. The minimum absolute atomic E-state index is 0.0325. The third-order valence-electron chi connectivity index (χ3n) is 11.6. The second-order valence-electron chi connectivity index (χ2n) is 12.9. The summed E-state index contributed by atoms with van der Waals surface area (Å²) in [5.74, 6) is 4.07. The van der Waals surface area contributed by atoms with E-state index in [1.165, 1.54) is 51.2 Å². The van der Waals surface area contributed by atoms with Crippen LogP contribution < -0.4 is 0 Å². The number of ketones is 1. The SMILES string of the molecule is C=CC.CC1(C)C(=O)CCC2(C)C1CCC1(C)C3CCC4(C=O)CCC[C@@H]4C3CCC12. The van der Waals surface area contributed by atoms with E-state index in [1.54, 1.807) is 6.08 Å². The van der Waals surface area contributed by atoms with Crippen LogP contribution in [0.5, 0.6) is 0 Å². The summed E-state index contributed by atoms with van der Waals surface area (Å²) in [5, 5.41) is 0. The van der Waals surface area contributed by atoms with Crippen molar-refractivity contribution in [1.29, 1.82) is 0 Å². The largest absolute Gasteiger partial charge is 0.303 e. The number of rotatable bonds is 1. The number of hydrogen-bond donors (Lipinski definition) is 0. The summed E-state index contributed by atoms with van der Waals surface area (Å²) >= 11 is 0. The highest BCUT2D eigenvalue weighted by molar-refractivity contribution is 5.85. The maximum Gasteiger partial charge on any atom is 0.138 e. The van der Waals surface area contributed by atoms with Crippen LogP contribution in [0.3, 0.4) is 0 Å². The predicted molar refractivity (Wildman–Crippen MR) is 128 cm³/mol. The molecule has 8 atom stereocenters. The summed E-state index contributed by atoms with van der Waals surface area (Å²) < 4.78 is 0. The Morgan fingerprint density at radius 1 is 0.839 bits per heavy atom. The molecule has 0 N–H and O–H groups in total. The van der Waals surface area contributed by atoms with Crippen LogP contribution in [0.1, 0.15) is 105 Å². The molecule has 5 saturated carbocycles. The van der Waals surface area contributed by atoms with Crippen molar-refractivity contribution in [3.63, 3.8) is 0 Å². The first-order chi connectivity index (χ1) is 14.6. The van der Waals surface area contributed by atoms with Gasteiger partial charge in [-0.15, -0.1) is 6.58 Å². The molecule has 0 heterocycles. The lowest BCUT2D eigenvalue weighted by Gasteiger charge is -2.68. The molecule has 5 fully saturated rings. The van der Waals surface area contributed by atoms with Crippen LogP contribution in [0.4, 0.5) is 0 Å². The molecule has 5 aliphatic carbocycles. The van der Waals surface area contributed by atoms with Crippen molar-refractivity contribution in [2.45, 2.75) is 105 Å². The van der Waals surface area contributed by atoms with Crippen molar-refractivity contribution >= 4 is 12.1 Å². The molecule has 2 nitrogen and oxygen atoms in total. The van der Waals surface area contributed by atoms with E-state index in [0.717, 1.165) is 43.4 Å². The van der Waals surface area contributed by atoms with E-state index >= 15 is 0 Å². The van der Waals surface area contributed by atoms with E-state index < -0.39 is 0 Å². The molecule has 0 aromatic carbocycles. The van der Waals surface area contributed by atoms with Crippen molar-refractivity contribution in [3.8, 4) is 0 Å². The van der Waals surface area contributed by atoms with E-state index in [2.05, 4.69) is 34.3 Å². The fourth-order valence-corrected chi connectivity index (χ4v) is 10.3. The quantitative estimate of drug-likeness (QED) is 0.323. The zero-order valence-corrected chi connectivity index (χ0v) is 20.8. The Morgan fingerprint density at radius 2 is 1.55 bits per heavy atom. The molecule has 0 aromatic heterocycles. The van der Waals surface area contributed by atoms with Gasteiger partial charge in [0.25, 0.3) is 0 Å². The molecular weight excluding hydrogens is 380 g/mol. The summed E-state index contributed by atoms with van der Waals surface area (Å²) in [7, 11) is 0. The van der Waals surface area contributed by atoms with Gasteiger partial charge in [0.1, 0.15) is 12.1 Å². The van der Waals surface area contributed by atoms with Crippen molar-refractivity contribution < 1.29 is 9.59 Å². The third kappa shape index (κ3) is 3.17. The van der Waals surface area contributed by atoms with E-state index in [-0.39, 0.29) is 10.8 Å². The molecule has 0 saturated heterocycles. The predicted octanol–water partition coefficient (Wildman–Crippen LogP) is 7.41. The molecule has 7 unspecified atom stereocenters. The average molecular weight is 427 g/mol. The van der Waals surface area contributed by atoms with Gasteiger partial charge in [-0.2, -0.15) is 0 Å². The van der Waals surface area contributed by atoms with Gasteiger partial charge in [0, 0.05) is 17.3 Å². The average Bonchev–Trinajstić information content (AvgIpc) is 3.16. The normalized spacial score (nSPS) is 50.0. The Kier molecular flexibility index (Phi) is 5.88. The van der Waals surface area contributed by atoms with Gasteiger partial charge in [-0.1, -0.05) is 40.2 Å². The summed E-state index contributed by atoms with van der Waals surface area (Å²) in [4.78, 5) is 24.9. The van der Waals surface area contributed by atoms with Crippen molar-refractivity contribution in [2.24, 2.45) is 51.2 Å². The Bertz CT molecular complexity index is 737. The van der Waals surface area contributed by atoms with E-state index in [0.29, 0.717) is 28.4 Å². The smallest absolute Gasteiger partial charge is 0.138 e. The van der Waals surface area contributed by atoms with Gasteiger partial charge >= 0.3 is 0 Å². The number of allylic oxidation sites excluding steroid dienone is 1. The van der Waals surface area contributed by atoms with Gasteiger partial charge in [0.2, 0.25) is 0 Å². The van der Waals surface area contributed by atoms with Crippen LogP contribution in [0.2, 0.25) is 0 Å². The van der Waals surface area contributed by atoms with Crippen LogP contribution in [-0.4, -0.2) is 12.1 Å². The Morgan fingerprint density at radius 3 is 2.23 bits per heavy atom. The molecule has 0 aromatic rings. The summed E-state index contributed by atoms with van der Waals surface area (Å²) in [5.41, 5.74) is 0.632. The summed E-state index contributed by atoms with van der Waals surface area (Å²) in [6.07, 6.45) is 16.4. The molecule has 174 valence electrons. The van der Waals surface area contributed by atoms with E-state index in [4.69, 9.17) is 0 Å². The van der Waals surface area contributed by atoms with Crippen molar-refractivity contribution in [1.82, 2.24) is 0 Å². The Hall–Kier alpha value is -0.920. The van der Waals surface area contributed by atoms with Gasteiger partial charge in [0.05, 0.1) is 0 Å². The maximum absolute atomic E-state index is 12.7. The lowest BCUT2D eigenvalue weighted by atomic mass is 9.36. The minimum atomic E-state index is -0.143. The van der Waals surface area contributed by atoms with Gasteiger partial charge in [-0.05, 0) is 105 Å². The van der Waals surface area contributed by atoms with Gasteiger partial charge in [-0.3, -0.25) is 4.79 Å². The van der Waals surface area contributed by atoms with Crippen molar-refractivity contribution in [3.05, 3.63) is 12.7 Å². The standard InChI is InChI=1S/C26H40O2.C3H6/c1-23(2)20-10-13-24(3)18-9-15-26(16-27)12-5-6-19(26)17(18)7-8-21(24)25(20,4)14-11-22(23)28;1-3-2/h16-21H,5-15H2,1-4H3;3H,1H2,2H3/t17?,18?,19-,20?,21?,24?,25?,26?;/m1./s1. The van der Waals surface area contributed by atoms with Gasteiger partial charge in [-0.25, -0.2) is 0 Å². The fourth-order valence-electron chi connectivity index (χ4n) is 10.3. The molecule has 0 amide bonds. The Labute approximate surface area is 191 Å². The lowest BCUT2D eigenvalue weighted by Crippen LogP contribution is -2.62. The topological polar surface area (TPSA) is 34.1 Å². The molecule has 0 radical (unpaired) electrons. The minimum Gasteiger partial charge on any atom is -0.303 e. The van der Waals surface area contributed by atoms with Crippen LogP contribution in [0.25, 0.3) is 0 Å². The van der Waals surface area contributed by atoms with Crippen LogP contribution in [-0.2, 0) is 9.59 Å². The van der Waals surface area contributed by atoms with Crippen LogP contribution in [0, 0.1) is 51.2 Å². The zero-order chi connectivity index (χ0) is 22.7. The molecular formula is C29H46O2. The number of carbonyl (C=O) groups excluding carboxylic acids is 2.